The Labute approximate surface area is 111 Å². The second-order valence-corrected chi connectivity index (χ2v) is 5.10. The summed E-state index contributed by atoms with van der Waals surface area (Å²) in [6.07, 6.45) is 3.66. The molecule has 0 radical (unpaired) electrons. The molecule has 2 aromatic rings. The van der Waals surface area contributed by atoms with Crippen LogP contribution in [0, 0.1) is 0 Å². The van der Waals surface area contributed by atoms with Gasteiger partial charge in [-0.25, -0.2) is 9.97 Å². The van der Waals surface area contributed by atoms with Crippen molar-refractivity contribution in [1.29, 1.82) is 0 Å². The molecule has 0 fully saturated rings. The third kappa shape index (κ3) is 3.17. The lowest BCUT2D eigenvalue weighted by atomic mass is 10.3. The minimum atomic E-state index is 0.780. The van der Waals surface area contributed by atoms with E-state index in [9.17, 15) is 0 Å². The average Bonchev–Trinajstić information content (AvgIpc) is 2.82. The van der Waals surface area contributed by atoms with Gasteiger partial charge in [0.05, 0.1) is 5.39 Å². The third-order valence-corrected chi connectivity index (χ3v) is 3.88. The molecule has 2 aromatic heterocycles. The standard InChI is InChI=1S/C13H19N3OS/c1-3-10-8-11-12(14-6-5-7-17-4-2)15-9-16-13(11)18-10/h8-9H,3-7H2,1-2H3,(H,14,15,16). The first-order valence-electron chi connectivity index (χ1n) is 6.40. The summed E-state index contributed by atoms with van der Waals surface area (Å²) in [6.45, 7) is 6.62. The molecule has 1 N–H and O–H groups in total. The number of thiophene rings is 1. The molecule has 2 rings (SSSR count). The van der Waals surface area contributed by atoms with Gasteiger partial charge in [0, 0.05) is 24.6 Å². The number of anilines is 1. The molecule has 0 atom stereocenters. The van der Waals surface area contributed by atoms with Crippen LogP contribution >= 0.6 is 11.3 Å². The number of rotatable bonds is 7. The third-order valence-electron chi connectivity index (χ3n) is 2.69. The van der Waals surface area contributed by atoms with Crippen LogP contribution in [0.15, 0.2) is 12.4 Å². The molecule has 4 nitrogen and oxygen atoms in total. The van der Waals surface area contributed by atoms with Gasteiger partial charge >= 0.3 is 0 Å². The van der Waals surface area contributed by atoms with Crippen molar-refractivity contribution in [3.8, 4) is 0 Å². The van der Waals surface area contributed by atoms with Crippen LogP contribution in [-0.4, -0.2) is 29.7 Å². The summed E-state index contributed by atoms with van der Waals surface area (Å²) in [5.74, 6) is 0.937. The van der Waals surface area contributed by atoms with Crippen molar-refractivity contribution in [3.63, 3.8) is 0 Å². The normalized spacial score (nSPS) is 11.0. The highest BCUT2D eigenvalue weighted by Gasteiger charge is 2.07. The van der Waals surface area contributed by atoms with Crippen LogP contribution in [0.2, 0.25) is 0 Å². The van der Waals surface area contributed by atoms with Gasteiger partial charge in [-0.05, 0) is 25.8 Å². The van der Waals surface area contributed by atoms with E-state index in [1.807, 2.05) is 6.92 Å². The van der Waals surface area contributed by atoms with Gasteiger partial charge in [-0.15, -0.1) is 11.3 Å². The van der Waals surface area contributed by atoms with Crippen molar-refractivity contribution in [2.45, 2.75) is 26.7 Å². The Bertz CT molecular complexity index is 498. The average molecular weight is 265 g/mol. The molecule has 0 aromatic carbocycles. The largest absolute Gasteiger partial charge is 0.382 e. The number of ether oxygens (including phenoxy) is 1. The van der Waals surface area contributed by atoms with Crippen LogP contribution in [0.5, 0.6) is 0 Å². The van der Waals surface area contributed by atoms with E-state index in [1.165, 1.54) is 4.88 Å². The topological polar surface area (TPSA) is 47.0 Å². The summed E-state index contributed by atoms with van der Waals surface area (Å²) in [4.78, 5) is 11.0. The Morgan fingerprint density at radius 1 is 1.33 bits per heavy atom. The number of aryl methyl sites for hydroxylation is 1. The SMILES string of the molecule is CCOCCCNc1ncnc2sc(CC)cc12. The fourth-order valence-corrected chi connectivity index (χ4v) is 2.68. The fraction of sp³-hybridized carbons (Fsp3) is 0.538. The van der Waals surface area contributed by atoms with E-state index < -0.39 is 0 Å². The Morgan fingerprint density at radius 2 is 2.22 bits per heavy atom. The molecular weight excluding hydrogens is 246 g/mol. The highest BCUT2D eigenvalue weighted by Crippen LogP contribution is 2.28. The second-order valence-electron chi connectivity index (χ2n) is 3.98. The number of fused-ring (bicyclic) bond motifs is 1. The van der Waals surface area contributed by atoms with Crippen LogP contribution < -0.4 is 5.32 Å². The minimum absolute atomic E-state index is 0.780. The quantitative estimate of drug-likeness (QED) is 0.781. The Morgan fingerprint density at radius 3 is 3.00 bits per heavy atom. The summed E-state index contributed by atoms with van der Waals surface area (Å²) < 4.78 is 5.31. The van der Waals surface area contributed by atoms with Crippen LogP contribution in [0.1, 0.15) is 25.1 Å². The van der Waals surface area contributed by atoms with Crippen molar-refractivity contribution in [1.82, 2.24) is 9.97 Å². The Hall–Kier alpha value is -1.20. The van der Waals surface area contributed by atoms with Crippen LogP contribution in [0.25, 0.3) is 10.2 Å². The highest BCUT2D eigenvalue weighted by atomic mass is 32.1. The second kappa shape index (κ2) is 6.66. The van der Waals surface area contributed by atoms with E-state index in [1.54, 1.807) is 17.7 Å². The molecule has 0 aliphatic rings. The van der Waals surface area contributed by atoms with Crippen LogP contribution in [-0.2, 0) is 11.2 Å². The van der Waals surface area contributed by atoms with Gasteiger partial charge in [0.2, 0.25) is 0 Å². The smallest absolute Gasteiger partial charge is 0.138 e. The molecule has 0 aliphatic carbocycles. The summed E-state index contributed by atoms with van der Waals surface area (Å²) in [6, 6.07) is 2.19. The van der Waals surface area contributed by atoms with E-state index in [0.717, 1.165) is 48.6 Å². The summed E-state index contributed by atoms with van der Waals surface area (Å²) in [5.41, 5.74) is 0. The predicted octanol–water partition coefficient (Wildman–Crippen LogP) is 3.09. The molecule has 2 heterocycles. The maximum atomic E-state index is 5.31. The zero-order valence-electron chi connectivity index (χ0n) is 10.9. The van der Waals surface area contributed by atoms with Crippen molar-refractivity contribution in [3.05, 3.63) is 17.3 Å². The van der Waals surface area contributed by atoms with Gasteiger partial charge in [0.25, 0.3) is 0 Å². The van der Waals surface area contributed by atoms with Gasteiger partial charge in [0.1, 0.15) is 17.0 Å². The fourth-order valence-electron chi connectivity index (χ4n) is 1.75. The number of hydrogen-bond donors (Lipinski definition) is 1. The van der Waals surface area contributed by atoms with E-state index in [4.69, 9.17) is 4.74 Å². The monoisotopic (exact) mass is 265 g/mol. The van der Waals surface area contributed by atoms with E-state index in [0.29, 0.717) is 0 Å². The number of nitrogens with one attached hydrogen (secondary N) is 1. The molecule has 0 amide bonds. The van der Waals surface area contributed by atoms with Crippen LogP contribution in [0.3, 0.4) is 0 Å². The molecule has 0 unspecified atom stereocenters. The molecule has 98 valence electrons. The lowest BCUT2D eigenvalue weighted by Gasteiger charge is -2.06. The Balaban J connectivity index is 2.01. The van der Waals surface area contributed by atoms with Crippen molar-refractivity contribution in [2.75, 3.05) is 25.1 Å². The van der Waals surface area contributed by atoms with Gasteiger partial charge in [-0.3, -0.25) is 0 Å². The lowest BCUT2D eigenvalue weighted by Crippen LogP contribution is -2.07. The summed E-state index contributed by atoms with van der Waals surface area (Å²) in [7, 11) is 0. The van der Waals surface area contributed by atoms with Gasteiger partial charge in [0.15, 0.2) is 0 Å². The van der Waals surface area contributed by atoms with Crippen LogP contribution in [0.4, 0.5) is 5.82 Å². The molecule has 0 spiro atoms. The molecule has 0 aliphatic heterocycles. The maximum absolute atomic E-state index is 5.31. The van der Waals surface area contributed by atoms with Gasteiger partial charge < -0.3 is 10.1 Å². The van der Waals surface area contributed by atoms with Crippen molar-refractivity contribution in [2.24, 2.45) is 0 Å². The molecule has 0 saturated carbocycles. The molecule has 0 bridgehead atoms. The van der Waals surface area contributed by atoms with E-state index in [-0.39, 0.29) is 0 Å². The molecule has 5 heteroatoms. The first-order valence-corrected chi connectivity index (χ1v) is 7.21. The summed E-state index contributed by atoms with van der Waals surface area (Å²) in [5, 5.41) is 4.49. The maximum Gasteiger partial charge on any atom is 0.138 e. The summed E-state index contributed by atoms with van der Waals surface area (Å²) >= 11 is 1.74. The first kappa shape index (κ1) is 13.2. The first-order chi connectivity index (χ1) is 8.85. The van der Waals surface area contributed by atoms with Gasteiger partial charge in [-0.2, -0.15) is 0 Å². The molecule has 0 saturated heterocycles. The minimum Gasteiger partial charge on any atom is -0.382 e. The van der Waals surface area contributed by atoms with E-state index >= 15 is 0 Å². The zero-order valence-corrected chi connectivity index (χ0v) is 11.7. The van der Waals surface area contributed by atoms with Gasteiger partial charge in [-0.1, -0.05) is 6.92 Å². The number of nitrogens with zero attached hydrogens (tertiary/aromatic N) is 2. The predicted molar refractivity (Wildman–Crippen MR) is 76.4 cm³/mol. The number of hydrogen-bond acceptors (Lipinski definition) is 5. The highest BCUT2D eigenvalue weighted by molar-refractivity contribution is 7.18. The van der Waals surface area contributed by atoms with Crippen molar-refractivity contribution < 1.29 is 4.74 Å². The Kier molecular flexibility index (Phi) is 4.90. The lowest BCUT2D eigenvalue weighted by molar-refractivity contribution is 0.147. The van der Waals surface area contributed by atoms with E-state index in [2.05, 4.69) is 28.3 Å². The number of aromatic nitrogens is 2. The molecule has 18 heavy (non-hydrogen) atoms. The zero-order chi connectivity index (χ0) is 12.8. The van der Waals surface area contributed by atoms with Crippen molar-refractivity contribution >= 4 is 27.4 Å². The molecular formula is C13H19N3OS.